The number of hydrogen-bond donors (Lipinski definition) is 1. The van der Waals surface area contributed by atoms with E-state index in [2.05, 4.69) is 18.0 Å². The van der Waals surface area contributed by atoms with Gasteiger partial charge in [-0.3, -0.25) is 4.57 Å². The predicted octanol–water partition coefficient (Wildman–Crippen LogP) is 2.67. The summed E-state index contributed by atoms with van der Waals surface area (Å²) in [5, 5.41) is 0. The minimum Gasteiger partial charge on any atom is -0.464 e. The van der Waals surface area contributed by atoms with Gasteiger partial charge in [0.25, 0.3) is 0 Å². The van der Waals surface area contributed by atoms with Gasteiger partial charge in [0, 0.05) is 6.42 Å². The highest BCUT2D eigenvalue weighted by Gasteiger charge is 2.23. The lowest BCUT2D eigenvalue weighted by Crippen LogP contribution is -2.10. The number of hydrogen-bond acceptors (Lipinski definition) is 4. The number of ether oxygens (including phenoxy) is 1. The lowest BCUT2D eigenvalue weighted by molar-refractivity contribution is 0.0596. The van der Waals surface area contributed by atoms with Gasteiger partial charge in [-0.1, -0.05) is 32.0 Å². The predicted molar refractivity (Wildman–Crippen MR) is 82.8 cm³/mol. The average Bonchev–Trinajstić information content (AvgIpc) is 2.82. The van der Waals surface area contributed by atoms with E-state index < -0.39 is 5.97 Å². The number of esters is 1. The van der Waals surface area contributed by atoms with E-state index in [1.165, 1.54) is 12.7 Å². The first kappa shape index (κ1) is 15.1. The minimum absolute atomic E-state index is 0.180. The summed E-state index contributed by atoms with van der Waals surface area (Å²) in [6.45, 7) is 6.12. The summed E-state index contributed by atoms with van der Waals surface area (Å²) in [5.74, 6) is 0.590. The molecule has 0 fully saturated rings. The summed E-state index contributed by atoms with van der Waals surface area (Å²) in [6.07, 6.45) is 1.56. The second-order valence-electron chi connectivity index (χ2n) is 4.88. The molecule has 1 aromatic heterocycles. The largest absolute Gasteiger partial charge is 0.464 e. The molecule has 21 heavy (non-hydrogen) atoms. The molecule has 0 bridgehead atoms. The summed E-state index contributed by atoms with van der Waals surface area (Å²) in [5.41, 5.74) is 9.64. The monoisotopic (exact) mass is 287 g/mol. The number of para-hydroxylation sites is 1. The van der Waals surface area contributed by atoms with Crippen molar-refractivity contribution in [3.8, 4) is 5.69 Å². The molecule has 0 atom stereocenters. The van der Waals surface area contributed by atoms with Crippen molar-refractivity contribution in [3.63, 3.8) is 0 Å². The Labute approximate surface area is 124 Å². The Morgan fingerprint density at radius 3 is 2.62 bits per heavy atom. The first-order valence-electron chi connectivity index (χ1n) is 7.09. The number of carbonyl (C=O) groups excluding carboxylic acids is 1. The maximum absolute atomic E-state index is 11.8. The van der Waals surface area contributed by atoms with Gasteiger partial charge in [-0.2, -0.15) is 0 Å². The van der Waals surface area contributed by atoms with Crippen LogP contribution in [0.15, 0.2) is 18.2 Å². The molecule has 0 unspecified atom stereocenters. The van der Waals surface area contributed by atoms with Gasteiger partial charge in [0.2, 0.25) is 0 Å². The lowest BCUT2D eigenvalue weighted by Gasteiger charge is -2.16. The van der Waals surface area contributed by atoms with Gasteiger partial charge in [-0.25, -0.2) is 9.78 Å². The standard InChI is InChI=1S/C16H21N3O2/c1-5-11-9-7-8-10(3)14(11)19-12(6-2)18-13(15(19)17)16(20)21-4/h7-9H,5-6,17H2,1-4H3. The molecule has 2 N–H and O–H groups in total. The Kier molecular flexibility index (Phi) is 4.31. The second kappa shape index (κ2) is 5.99. The molecule has 5 heteroatoms. The molecule has 0 saturated heterocycles. The highest BCUT2D eigenvalue weighted by Crippen LogP contribution is 2.27. The molecule has 0 aliphatic rings. The fourth-order valence-electron chi connectivity index (χ4n) is 2.54. The van der Waals surface area contributed by atoms with E-state index in [0.29, 0.717) is 12.2 Å². The summed E-state index contributed by atoms with van der Waals surface area (Å²) >= 11 is 0. The number of nitrogens with two attached hydrogens (primary N) is 1. The molecule has 0 amide bonds. The van der Waals surface area contributed by atoms with Gasteiger partial charge < -0.3 is 10.5 Å². The van der Waals surface area contributed by atoms with Crippen LogP contribution in [0.2, 0.25) is 0 Å². The molecule has 112 valence electrons. The Morgan fingerprint density at radius 1 is 1.33 bits per heavy atom. The third-order valence-corrected chi connectivity index (χ3v) is 3.60. The molecule has 0 aliphatic carbocycles. The number of imidazole rings is 1. The molecule has 5 nitrogen and oxygen atoms in total. The number of benzene rings is 1. The van der Waals surface area contributed by atoms with Crippen molar-refractivity contribution >= 4 is 11.8 Å². The number of aromatic nitrogens is 2. The molecule has 0 radical (unpaired) electrons. The van der Waals surface area contributed by atoms with Crippen LogP contribution in [0.3, 0.4) is 0 Å². The summed E-state index contributed by atoms with van der Waals surface area (Å²) in [7, 11) is 1.33. The molecule has 1 heterocycles. The number of nitrogen functional groups attached to an aromatic ring is 1. The van der Waals surface area contributed by atoms with Crippen LogP contribution >= 0.6 is 0 Å². The summed E-state index contributed by atoms with van der Waals surface area (Å²) in [4.78, 5) is 16.2. The summed E-state index contributed by atoms with van der Waals surface area (Å²) < 4.78 is 6.63. The Bertz CT molecular complexity index is 674. The number of rotatable bonds is 4. The number of anilines is 1. The van der Waals surface area contributed by atoms with Crippen LogP contribution in [-0.4, -0.2) is 22.6 Å². The van der Waals surface area contributed by atoms with Gasteiger partial charge in [-0.05, 0) is 24.5 Å². The van der Waals surface area contributed by atoms with Crippen LogP contribution in [0.5, 0.6) is 0 Å². The van der Waals surface area contributed by atoms with Crippen molar-refractivity contribution < 1.29 is 9.53 Å². The highest BCUT2D eigenvalue weighted by atomic mass is 16.5. The van der Waals surface area contributed by atoms with E-state index in [-0.39, 0.29) is 5.69 Å². The smallest absolute Gasteiger partial charge is 0.360 e. The van der Waals surface area contributed by atoms with E-state index in [4.69, 9.17) is 10.5 Å². The Balaban J connectivity index is 2.75. The van der Waals surface area contributed by atoms with Crippen LogP contribution in [0.1, 0.15) is 41.3 Å². The molecule has 2 aromatic rings. The molecular weight excluding hydrogens is 266 g/mol. The first-order valence-corrected chi connectivity index (χ1v) is 7.09. The zero-order chi connectivity index (χ0) is 15.6. The average molecular weight is 287 g/mol. The molecule has 0 spiro atoms. The lowest BCUT2D eigenvalue weighted by atomic mass is 10.1. The number of methoxy groups -OCH3 is 1. The van der Waals surface area contributed by atoms with Crippen molar-refractivity contribution in [1.82, 2.24) is 9.55 Å². The maximum Gasteiger partial charge on any atom is 0.360 e. The van der Waals surface area contributed by atoms with E-state index in [9.17, 15) is 4.79 Å². The Hall–Kier alpha value is -2.30. The third-order valence-electron chi connectivity index (χ3n) is 3.60. The zero-order valence-electron chi connectivity index (χ0n) is 12.9. The van der Waals surface area contributed by atoms with Gasteiger partial charge in [0.1, 0.15) is 11.6 Å². The van der Waals surface area contributed by atoms with Crippen LogP contribution in [0, 0.1) is 6.92 Å². The quantitative estimate of drug-likeness (QED) is 0.878. The van der Waals surface area contributed by atoms with Crippen molar-refractivity contribution in [1.29, 1.82) is 0 Å². The van der Waals surface area contributed by atoms with Crippen LogP contribution in [-0.2, 0) is 17.6 Å². The van der Waals surface area contributed by atoms with Crippen molar-refractivity contribution in [3.05, 3.63) is 40.8 Å². The SMILES string of the molecule is CCc1cccc(C)c1-n1c(CC)nc(C(=O)OC)c1N. The second-order valence-corrected chi connectivity index (χ2v) is 4.88. The van der Waals surface area contributed by atoms with E-state index >= 15 is 0 Å². The fourth-order valence-corrected chi connectivity index (χ4v) is 2.54. The molecule has 0 aliphatic heterocycles. The summed E-state index contributed by atoms with van der Waals surface area (Å²) in [6, 6.07) is 6.13. The zero-order valence-corrected chi connectivity index (χ0v) is 12.9. The van der Waals surface area contributed by atoms with Gasteiger partial charge in [0.05, 0.1) is 12.8 Å². The van der Waals surface area contributed by atoms with Crippen LogP contribution in [0.4, 0.5) is 5.82 Å². The fraction of sp³-hybridized carbons (Fsp3) is 0.375. The van der Waals surface area contributed by atoms with Gasteiger partial charge >= 0.3 is 5.97 Å². The van der Waals surface area contributed by atoms with Crippen LogP contribution < -0.4 is 5.73 Å². The van der Waals surface area contributed by atoms with Crippen molar-refractivity contribution in [2.45, 2.75) is 33.6 Å². The molecular formula is C16H21N3O2. The maximum atomic E-state index is 11.8. The van der Waals surface area contributed by atoms with E-state index in [1.54, 1.807) is 0 Å². The Morgan fingerprint density at radius 2 is 2.05 bits per heavy atom. The van der Waals surface area contributed by atoms with Gasteiger partial charge in [-0.15, -0.1) is 0 Å². The van der Waals surface area contributed by atoms with Crippen molar-refractivity contribution in [2.75, 3.05) is 12.8 Å². The topological polar surface area (TPSA) is 70.1 Å². The molecule has 1 aromatic carbocycles. The number of nitrogens with zero attached hydrogens (tertiary/aromatic N) is 2. The van der Waals surface area contributed by atoms with Crippen molar-refractivity contribution in [2.24, 2.45) is 0 Å². The minimum atomic E-state index is -0.507. The highest BCUT2D eigenvalue weighted by molar-refractivity contribution is 5.92. The normalized spacial score (nSPS) is 10.7. The molecule has 2 rings (SSSR count). The van der Waals surface area contributed by atoms with E-state index in [0.717, 1.165) is 23.5 Å². The third kappa shape index (κ3) is 2.51. The first-order chi connectivity index (χ1) is 10.0. The van der Waals surface area contributed by atoms with Gasteiger partial charge in [0.15, 0.2) is 5.69 Å². The number of aryl methyl sites for hydroxylation is 3. The van der Waals surface area contributed by atoms with Crippen LogP contribution in [0.25, 0.3) is 5.69 Å². The van der Waals surface area contributed by atoms with E-state index in [1.807, 2.05) is 30.5 Å². The molecule has 0 saturated carbocycles. The number of carbonyl (C=O) groups is 1.